The van der Waals surface area contributed by atoms with E-state index in [1.807, 2.05) is 19.1 Å². The maximum absolute atomic E-state index is 11.8. The number of allylic oxidation sites excluding steroid dienone is 1. The average Bonchev–Trinajstić information content (AvgIpc) is 3.00. The molecule has 0 unspecified atom stereocenters. The molecule has 1 aliphatic rings. The van der Waals surface area contributed by atoms with E-state index >= 15 is 0 Å². The van der Waals surface area contributed by atoms with Crippen molar-refractivity contribution in [2.45, 2.75) is 40.5 Å². The van der Waals surface area contributed by atoms with Crippen molar-refractivity contribution in [2.24, 2.45) is 10.4 Å². The second-order valence-corrected chi connectivity index (χ2v) is 6.01. The third-order valence-corrected chi connectivity index (χ3v) is 3.81. The average molecular weight is 302 g/mol. The van der Waals surface area contributed by atoms with Gasteiger partial charge in [0.25, 0.3) is 0 Å². The molecule has 5 heteroatoms. The number of carbonyl (C=O) groups is 2. The lowest BCUT2D eigenvalue weighted by molar-refractivity contribution is -0.102. The summed E-state index contributed by atoms with van der Waals surface area (Å²) in [6.07, 6.45) is 4.16. The molecule has 0 aromatic carbocycles. The minimum atomic E-state index is -0.357. The molecule has 0 bridgehead atoms. The van der Waals surface area contributed by atoms with Crippen molar-refractivity contribution < 1.29 is 14.3 Å². The van der Waals surface area contributed by atoms with Gasteiger partial charge in [-0.3, -0.25) is 9.79 Å². The molecule has 2 heterocycles. The smallest absolute Gasteiger partial charge is 0.354 e. The minimum absolute atomic E-state index is 0.184. The van der Waals surface area contributed by atoms with E-state index in [0.717, 1.165) is 29.7 Å². The van der Waals surface area contributed by atoms with Gasteiger partial charge in [0.05, 0.1) is 12.3 Å². The lowest BCUT2D eigenvalue weighted by Gasteiger charge is -2.17. The molecule has 22 heavy (non-hydrogen) atoms. The van der Waals surface area contributed by atoms with E-state index in [9.17, 15) is 9.59 Å². The molecule has 0 amide bonds. The zero-order chi connectivity index (χ0) is 16.3. The van der Waals surface area contributed by atoms with Gasteiger partial charge in [0, 0.05) is 23.2 Å². The number of aldehydes is 1. The summed E-state index contributed by atoms with van der Waals surface area (Å²) in [5.74, 6) is -0.357. The van der Waals surface area contributed by atoms with Gasteiger partial charge in [0.1, 0.15) is 5.69 Å². The molecule has 0 radical (unpaired) electrons. The van der Waals surface area contributed by atoms with Gasteiger partial charge in [-0.2, -0.15) is 0 Å². The summed E-state index contributed by atoms with van der Waals surface area (Å²) in [7, 11) is 0. The largest absolute Gasteiger partial charge is 0.461 e. The van der Waals surface area contributed by atoms with Gasteiger partial charge in [-0.05, 0) is 31.1 Å². The Balaban J connectivity index is 2.40. The number of ether oxygens (including phenoxy) is 1. The van der Waals surface area contributed by atoms with Crippen molar-refractivity contribution in [2.75, 3.05) is 6.61 Å². The van der Waals surface area contributed by atoms with Crippen molar-refractivity contribution >= 4 is 24.0 Å². The Hall–Kier alpha value is -2.17. The van der Waals surface area contributed by atoms with Crippen LogP contribution in [0.2, 0.25) is 0 Å². The Bertz CT molecular complexity index is 651. The summed E-state index contributed by atoms with van der Waals surface area (Å²) in [6.45, 7) is 8.26. The highest BCUT2D eigenvalue weighted by Crippen LogP contribution is 2.38. The van der Waals surface area contributed by atoms with E-state index in [1.165, 1.54) is 0 Å². The number of H-pyrrole nitrogens is 1. The van der Waals surface area contributed by atoms with Gasteiger partial charge in [0.2, 0.25) is 0 Å². The number of esters is 1. The van der Waals surface area contributed by atoms with Crippen LogP contribution in [-0.2, 0) is 16.0 Å². The molecular formula is C17H22N2O3. The number of hydrogen-bond acceptors (Lipinski definition) is 4. The van der Waals surface area contributed by atoms with Gasteiger partial charge < -0.3 is 9.72 Å². The molecule has 0 saturated carbocycles. The summed E-state index contributed by atoms with van der Waals surface area (Å²) in [5, 5.41) is 0. The fraction of sp³-hybridized carbons (Fsp3) is 0.471. The Labute approximate surface area is 130 Å². The van der Waals surface area contributed by atoms with Gasteiger partial charge >= 0.3 is 5.97 Å². The molecule has 5 nitrogen and oxygen atoms in total. The first-order valence-corrected chi connectivity index (χ1v) is 7.55. The van der Waals surface area contributed by atoms with Crippen molar-refractivity contribution in [3.63, 3.8) is 0 Å². The van der Waals surface area contributed by atoms with Crippen LogP contribution in [0, 0.1) is 5.41 Å². The Morgan fingerprint density at radius 3 is 2.73 bits per heavy atom. The van der Waals surface area contributed by atoms with Crippen molar-refractivity contribution in [3.8, 4) is 0 Å². The quantitative estimate of drug-likeness (QED) is 0.671. The first-order chi connectivity index (χ1) is 10.4. The SMILES string of the molecule is CCOC(=O)c1cc(CC)c(/C=C2\N=C(C=O)CC2(C)C)[nH]1. The van der Waals surface area contributed by atoms with Crippen LogP contribution in [0.4, 0.5) is 0 Å². The Kier molecular flexibility index (Phi) is 4.64. The fourth-order valence-corrected chi connectivity index (χ4v) is 2.57. The molecule has 1 aromatic rings. The van der Waals surface area contributed by atoms with Crippen LogP contribution in [0.15, 0.2) is 16.8 Å². The number of nitrogens with zero attached hydrogens (tertiary/aromatic N) is 1. The zero-order valence-electron chi connectivity index (χ0n) is 13.5. The standard InChI is InChI=1S/C17H22N2O3/c1-5-11-7-14(16(21)22-6-2)19-13(11)8-15-17(3,4)9-12(10-20)18-15/h7-8,10,19H,5-6,9H2,1-4H3/b15-8-. The van der Waals surface area contributed by atoms with Crippen LogP contribution < -0.4 is 0 Å². The van der Waals surface area contributed by atoms with Crippen LogP contribution >= 0.6 is 0 Å². The Morgan fingerprint density at radius 1 is 1.45 bits per heavy atom. The molecule has 1 aliphatic heterocycles. The van der Waals surface area contributed by atoms with Gasteiger partial charge in [-0.25, -0.2) is 4.79 Å². The lowest BCUT2D eigenvalue weighted by atomic mass is 9.86. The molecule has 0 atom stereocenters. The molecule has 0 saturated heterocycles. The van der Waals surface area contributed by atoms with Crippen molar-refractivity contribution in [1.29, 1.82) is 0 Å². The normalized spacial score (nSPS) is 18.4. The summed E-state index contributed by atoms with van der Waals surface area (Å²) in [6, 6.07) is 1.82. The summed E-state index contributed by atoms with van der Waals surface area (Å²) in [5.41, 5.74) is 3.55. The summed E-state index contributed by atoms with van der Waals surface area (Å²) < 4.78 is 5.02. The van der Waals surface area contributed by atoms with E-state index in [4.69, 9.17) is 4.74 Å². The third kappa shape index (κ3) is 3.18. The predicted molar refractivity (Wildman–Crippen MR) is 86.0 cm³/mol. The molecule has 1 aromatic heterocycles. The molecule has 1 N–H and O–H groups in total. The topological polar surface area (TPSA) is 71.5 Å². The first kappa shape index (κ1) is 16.2. The van der Waals surface area contributed by atoms with Crippen LogP contribution in [-0.4, -0.2) is 29.6 Å². The maximum Gasteiger partial charge on any atom is 0.354 e. The van der Waals surface area contributed by atoms with Crippen molar-refractivity contribution in [1.82, 2.24) is 4.98 Å². The van der Waals surface area contributed by atoms with Crippen LogP contribution in [0.25, 0.3) is 6.08 Å². The number of rotatable bonds is 5. The minimum Gasteiger partial charge on any atom is -0.461 e. The highest BCUT2D eigenvalue weighted by atomic mass is 16.5. The van der Waals surface area contributed by atoms with Gasteiger partial charge in [-0.1, -0.05) is 20.8 Å². The Morgan fingerprint density at radius 2 is 2.18 bits per heavy atom. The molecule has 2 rings (SSSR count). The second-order valence-electron chi connectivity index (χ2n) is 6.01. The number of aromatic nitrogens is 1. The molecule has 0 spiro atoms. The number of carbonyl (C=O) groups excluding carboxylic acids is 2. The molecule has 0 fully saturated rings. The highest BCUT2D eigenvalue weighted by molar-refractivity contribution is 6.29. The van der Waals surface area contributed by atoms with E-state index < -0.39 is 0 Å². The number of aliphatic imine (C=N–C) groups is 1. The molecular weight excluding hydrogens is 280 g/mol. The van der Waals surface area contributed by atoms with Crippen LogP contribution in [0.5, 0.6) is 0 Å². The van der Waals surface area contributed by atoms with E-state index in [0.29, 0.717) is 24.4 Å². The highest BCUT2D eigenvalue weighted by Gasteiger charge is 2.31. The van der Waals surface area contributed by atoms with Crippen LogP contribution in [0.1, 0.15) is 55.9 Å². The second kappa shape index (κ2) is 6.30. The monoisotopic (exact) mass is 302 g/mol. The fourth-order valence-electron chi connectivity index (χ4n) is 2.57. The number of aromatic amines is 1. The third-order valence-electron chi connectivity index (χ3n) is 3.81. The first-order valence-electron chi connectivity index (χ1n) is 7.55. The zero-order valence-corrected chi connectivity index (χ0v) is 13.5. The van der Waals surface area contributed by atoms with E-state index in [1.54, 1.807) is 6.92 Å². The van der Waals surface area contributed by atoms with E-state index in [2.05, 4.69) is 23.8 Å². The number of nitrogens with one attached hydrogen (secondary N) is 1. The maximum atomic E-state index is 11.8. The van der Waals surface area contributed by atoms with Gasteiger partial charge in [-0.15, -0.1) is 0 Å². The van der Waals surface area contributed by atoms with Crippen molar-refractivity contribution in [3.05, 3.63) is 28.7 Å². The van der Waals surface area contributed by atoms with Gasteiger partial charge in [0.15, 0.2) is 6.29 Å². The lowest BCUT2D eigenvalue weighted by Crippen LogP contribution is -2.11. The molecule has 118 valence electrons. The summed E-state index contributed by atoms with van der Waals surface area (Å²) in [4.78, 5) is 30.3. The molecule has 0 aliphatic carbocycles. The number of hydrogen-bond donors (Lipinski definition) is 1. The predicted octanol–water partition coefficient (Wildman–Crippen LogP) is 3.16. The van der Waals surface area contributed by atoms with E-state index in [-0.39, 0.29) is 11.4 Å². The number of aryl methyl sites for hydroxylation is 1. The van der Waals surface area contributed by atoms with Crippen LogP contribution in [0.3, 0.4) is 0 Å². The summed E-state index contributed by atoms with van der Waals surface area (Å²) >= 11 is 0.